The van der Waals surface area contributed by atoms with Crippen LogP contribution in [0.3, 0.4) is 0 Å². The molecule has 0 bridgehead atoms. The van der Waals surface area contributed by atoms with Crippen molar-refractivity contribution in [1.29, 1.82) is 0 Å². The summed E-state index contributed by atoms with van der Waals surface area (Å²) in [5.41, 5.74) is 5.80. The lowest BCUT2D eigenvalue weighted by Gasteiger charge is -2.14. The highest BCUT2D eigenvalue weighted by Crippen LogP contribution is 2.44. The molecule has 2 aromatic carbocycles. The first-order valence-electron chi connectivity index (χ1n) is 7.80. The molecule has 3 heteroatoms. The van der Waals surface area contributed by atoms with Gasteiger partial charge >= 0.3 is 6.09 Å². The Morgan fingerprint density at radius 3 is 2.30 bits per heavy atom. The molecular formula is C20H17NO2. The predicted molar refractivity (Wildman–Crippen MR) is 90.0 cm³/mol. The average Bonchev–Trinajstić information content (AvgIpc) is 3.19. The maximum atomic E-state index is 12.0. The Bertz CT molecular complexity index is 774. The van der Waals surface area contributed by atoms with Crippen LogP contribution in [-0.4, -0.2) is 12.7 Å². The van der Waals surface area contributed by atoms with Crippen LogP contribution in [0.25, 0.3) is 11.1 Å². The van der Waals surface area contributed by atoms with Gasteiger partial charge in [0.15, 0.2) is 0 Å². The topological polar surface area (TPSA) is 38.3 Å². The second-order valence-electron chi connectivity index (χ2n) is 5.77. The molecule has 0 fully saturated rings. The van der Waals surface area contributed by atoms with Gasteiger partial charge in [-0.2, -0.15) is 0 Å². The summed E-state index contributed by atoms with van der Waals surface area (Å²) in [6, 6.07) is 16.7. The van der Waals surface area contributed by atoms with E-state index in [1.807, 2.05) is 42.5 Å². The Morgan fingerprint density at radius 2 is 1.70 bits per heavy atom. The van der Waals surface area contributed by atoms with Crippen molar-refractivity contribution in [2.75, 3.05) is 6.61 Å². The van der Waals surface area contributed by atoms with Crippen LogP contribution in [0.5, 0.6) is 0 Å². The molecule has 0 spiro atoms. The molecule has 4 rings (SSSR count). The van der Waals surface area contributed by atoms with Crippen LogP contribution in [0.2, 0.25) is 0 Å². The molecule has 0 radical (unpaired) electrons. The molecule has 0 aliphatic heterocycles. The van der Waals surface area contributed by atoms with Crippen LogP contribution in [0.15, 0.2) is 72.5 Å². The number of nitrogens with one attached hydrogen (secondary N) is 1. The number of fused-ring (bicyclic) bond motifs is 3. The minimum atomic E-state index is -0.387. The maximum absolute atomic E-state index is 12.0. The largest absolute Gasteiger partial charge is 0.448 e. The SMILES string of the molecule is O=C(NC1=CC=CC1)OCC1c2ccccc2-c2ccccc21. The summed E-state index contributed by atoms with van der Waals surface area (Å²) in [6.07, 6.45) is 6.19. The molecule has 0 atom stereocenters. The first-order valence-corrected chi connectivity index (χ1v) is 7.80. The molecule has 114 valence electrons. The number of hydrogen-bond donors (Lipinski definition) is 1. The summed E-state index contributed by atoms with van der Waals surface area (Å²) in [6.45, 7) is 0.348. The standard InChI is InChI=1S/C20H17NO2/c22-20(21-14-7-1-2-8-14)23-13-19-17-11-5-3-9-15(17)16-10-4-6-12-18(16)19/h1-7,9-12,19H,8,13H2,(H,21,22). The van der Waals surface area contributed by atoms with Crippen molar-refractivity contribution < 1.29 is 9.53 Å². The summed E-state index contributed by atoms with van der Waals surface area (Å²) in [5.74, 6) is 0.101. The number of ether oxygens (including phenoxy) is 1. The van der Waals surface area contributed by atoms with Gasteiger partial charge in [-0.25, -0.2) is 4.79 Å². The van der Waals surface area contributed by atoms with Crippen molar-refractivity contribution in [3.63, 3.8) is 0 Å². The number of rotatable bonds is 3. The van der Waals surface area contributed by atoms with Crippen LogP contribution >= 0.6 is 0 Å². The van der Waals surface area contributed by atoms with E-state index in [0.29, 0.717) is 6.61 Å². The summed E-state index contributed by atoms with van der Waals surface area (Å²) in [4.78, 5) is 12.0. The minimum Gasteiger partial charge on any atom is -0.448 e. The maximum Gasteiger partial charge on any atom is 0.411 e. The highest BCUT2D eigenvalue weighted by Gasteiger charge is 2.28. The molecule has 0 unspecified atom stereocenters. The van der Waals surface area contributed by atoms with E-state index in [2.05, 4.69) is 29.6 Å². The van der Waals surface area contributed by atoms with Crippen LogP contribution < -0.4 is 5.32 Å². The van der Waals surface area contributed by atoms with Gasteiger partial charge in [-0.1, -0.05) is 60.7 Å². The van der Waals surface area contributed by atoms with E-state index in [0.717, 1.165) is 12.1 Å². The van der Waals surface area contributed by atoms with E-state index in [4.69, 9.17) is 4.74 Å². The monoisotopic (exact) mass is 303 g/mol. The third-order valence-corrected chi connectivity index (χ3v) is 4.38. The Kier molecular flexibility index (Phi) is 3.46. The minimum absolute atomic E-state index is 0.101. The van der Waals surface area contributed by atoms with Crippen molar-refractivity contribution in [2.45, 2.75) is 12.3 Å². The molecule has 0 heterocycles. The zero-order valence-corrected chi connectivity index (χ0v) is 12.7. The van der Waals surface area contributed by atoms with Crippen molar-refractivity contribution in [3.8, 4) is 11.1 Å². The van der Waals surface area contributed by atoms with Gasteiger partial charge in [0.2, 0.25) is 0 Å². The molecule has 2 aliphatic carbocycles. The molecular weight excluding hydrogens is 286 g/mol. The van der Waals surface area contributed by atoms with E-state index in [-0.39, 0.29) is 12.0 Å². The number of carbonyl (C=O) groups excluding carboxylic acids is 1. The molecule has 3 nitrogen and oxygen atoms in total. The fourth-order valence-electron chi connectivity index (χ4n) is 3.31. The third kappa shape index (κ3) is 2.55. The van der Waals surface area contributed by atoms with E-state index in [9.17, 15) is 4.79 Å². The van der Waals surface area contributed by atoms with Crippen LogP contribution in [-0.2, 0) is 4.74 Å². The van der Waals surface area contributed by atoms with Crippen molar-refractivity contribution in [2.24, 2.45) is 0 Å². The molecule has 1 amide bonds. The van der Waals surface area contributed by atoms with E-state index >= 15 is 0 Å². The normalized spacial score (nSPS) is 15.0. The fourth-order valence-corrected chi connectivity index (χ4v) is 3.31. The quantitative estimate of drug-likeness (QED) is 0.914. The number of allylic oxidation sites excluding steroid dienone is 3. The van der Waals surface area contributed by atoms with Gasteiger partial charge in [0.25, 0.3) is 0 Å². The first kappa shape index (κ1) is 13.8. The highest BCUT2D eigenvalue weighted by atomic mass is 16.5. The highest BCUT2D eigenvalue weighted by molar-refractivity contribution is 5.79. The Morgan fingerprint density at radius 1 is 1.04 bits per heavy atom. The fraction of sp³-hybridized carbons (Fsp3) is 0.150. The first-order chi connectivity index (χ1) is 11.3. The number of benzene rings is 2. The summed E-state index contributed by atoms with van der Waals surface area (Å²) < 4.78 is 5.48. The van der Waals surface area contributed by atoms with E-state index in [1.54, 1.807) is 0 Å². The van der Waals surface area contributed by atoms with Gasteiger partial charge in [0.1, 0.15) is 6.61 Å². The Balaban J connectivity index is 1.51. The molecule has 1 N–H and O–H groups in total. The number of amides is 1. The zero-order valence-electron chi connectivity index (χ0n) is 12.7. The lowest BCUT2D eigenvalue weighted by atomic mass is 9.98. The van der Waals surface area contributed by atoms with Crippen LogP contribution in [0, 0.1) is 0 Å². The molecule has 0 aromatic heterocycles. The van der Waals surface area contributed by atoms with Crippen molar-refractivity contribution >= 4 is 6.09 Å². The van der Waals surface area contributed by atoms with Gasteiger partial charge in [-0.3, -0.25) is 5.32 Å². The van der Waals surface area contributed by atoms with Gasteiger partial charge in [0.05, 0.1) is 0 Å². The third-order valence-electron chi connectivity index (χ3n) is 4.38. The molecule has 2 aliphatic rings. The summed E-state index contributed by atoms with van der Waals surface area (Å²) >= 11 is 0. The lowest BCUT2D eigenvalue weighted by Crippen LogP contribution is -2.25. The molecule has 2 aromatic rings. The van der Waals surface area contributed by atoms with Gasteiger partial charge < -0.3 is 4.74 Å². The molecule has 0 saturated heterocycles. The van der Waals surface area contributed by atoms with Crippen LogP contribution in [0.1, 0.15) is 23.5 Å². The van der Waals surface area contributed by atoms with Gasteiger partial charge in [-0.05, 0) is 28.3 Å². The number of carbonyl (C=O) groups is 1. The summed E-state index contributed by atoms with van der Waals surface area (Å²) in [5, 5.41) is 2.79. The Labute approximate surface area is 135 Å². The number of hydrogen-bond acceptors (Lipinski definition) is 2. The summed E-state index contributed by atoms with van der Waals surface area (Å²) in [7, 11) is 0. The van der Waals surface area contributed by atoms with Crippen molar-refractivity contribution in [1.82, 2.24) is 5.32 Å². The van der Waals surface area contributed by atoms with Gasteiger partial charge in [0, 0.05) is 18.0 Å². The molecule has 23 heavy (non-hydrogen) atoms. The van der Waals surface area contributed by atoms with Crippen molar-refractivity contribution in [3.05, 3.63) is 83.6 Å². The average molecular weight is 303 g/mol. The Hall–Kier alpha value is -2.81. The number of alkyl carbamates (subject to hydrolysis) is 1. The lowest BCUT2D eigenvalue weighted by molar-refractivity contribution is 0.145. The van der Waals surface area contributed by atoms with E-state index in [1.165, 1.54) is 22.3 Å². The van der Waals surface area contributed by atoms with Crippen LogP contribution in [0.4, 0.5) is 4.79 Å². The zero-order chi connectivity index (χ0) is 15.6. The molecule has 0 saturated carbocycles. The van der Waals surface area contributed by atoms with Gasteiger partial charge in [-0.15, -0.1) is 0 Å². The smallest absolute Gasteiger partial charge is 0.411 e. The second kappa shape index (κ2) is 5.76. The second-order valence-corrected chi connectivity index (χ2v) is 5.77. The van der Waals surface area contributed by atoms with E-state index < -0.39 is 0 Å². The predicted octanol–water partition coefficient (Wildman–Crippen LogP) is 4.37.